The molecule has 1 aromatic carbocycles. The third kappa shape index (κ3) is 2.49. The predicted molar refractivity (Wildman–Crippen MR) is 122 cm³/mol. The lowest BCUT2D eigenvalue weighted by Crippen LogP contribution is -2.18. The molecular weight excluding hydrogens is 354 g/mol. The van der Waals surface area contributed by atoms with Crippen LogP contribution in [0.5, 0.6) is 0 Å². The topological polar surface area (TPSA) is 30.2 Å². The Bertz CT molecular complexity index is 1310. The molecule has 4 aromatic rings. The normalized spacial score (nSPS) is 18.1. The Labute approximate surface area is 173 Å². The highest BCUT2D eigenvalue weighted by Gasteiger charge is 2.44. The van der Waals surface area contributed by atoms with Crippen molar-refractivity contribution in [3.05, 3.63) is 53.0 Å². The maximum absolute atomic E-state index is 5.11. The molecular formula is C26H31N3. The molecule has 0 bridgehead atoms. The number of aromatic nitrogens is 3. The third-order valence-electron chi connectivity index (χ3n) is 6.76. The number of benzene rings is 1. The van der Waals surface area contributed by atoms with Crippen LogP contribution in [0.4, 0.5) is 0 Å². The maximum atomic E-state index is 5.11. The van der Waals surface area contributed by atoms with Crippen LogP contribution < -0.4 is 0 Å². The van der Waals surface area contributed by atoms with Gasteiger partial charge < -0.3 is 0 Å². The summed E-state index contributed by atoms with van der Waals surface area (Å²) in [7, 11) is 0. The van der Waals surface area contributed by atoms with Crippen molar-refractivity contribution in [3.63, 3.8) is 0 Å². The standard InChI is InChI=1S/C26H31N3/c1-15-11-18-22(21-20(15)25(5,6)14-26(21,7)8)29-10-9-16-12-19(24(2,3)4)27-13-17(16)23(29)28-18/h9-13H,14H2,1-8H3. The van der Waals surface area contributed by atoms with Crippen molar-refractivity contribution in [3.8, 4) is 0 Å². The van der Waals surface area contributed by atoms with Crippen molar-refractivity contribution in [2.45, 2.75) is 78.1 Å². The van der Waals surface area contributed by atoms with Crippen molar-refractivity contribution in [1.82, 2.24) is 14.4 Å². The average Bonchev–Trinajstić information content (AvgIpc) is 3.04. The van der Waals surface area contributed by atoms with Crippen LogP contribution in [0.15, 0.2) is 30.6 Å². The first kappa shape index (κ1) is 18.6. The predicted octanol–water partition coefficient (Wildman–Crippen LogP) is 6.60. The molecule has 0 saturated carbocycles. The summed E-state index contributed by atoms with van der Waals surface area (Å²) < 4.78 is 2.30. The van der Waals surface area contributed by atoms with Crippen molar-refractivity contribution < 1.29 is 0 Å². The Morgan fingerprint density at radius 1 is 1.00 bits per heavy atom. The van der Waals surface area contributed by atoms with Crippen molar-refractivity contribution in [2.24, 2.45) is 0 Å². The Morgan fingerprint density at radius 3 is 2.38 bits per heavy atom. The molecule has 0 unspecified atom stereocenters. The monoisotopic (exact) mass is 385 g/mol. The quantitative estimate of drug-likeness (QED) is 0.341. The van der Waals surface area contributed by atoms with Gasteiger partial charge in [0.25, 0.3) is 0 Å². The van der Waals surface area contributed by atoms with Crippen LogP contribution in [-0.2, 0) is 16.2 Å². The number of hydrogen-bond donors (Lipinski definition) is 0. The summed E-state index contributed by atoms with van der Waals surface area (Å²) in [5.74, 6) is 0. The van der Waals surface area contributed by atoms with Gasteiger partial charge in [-0.15, -0.1) is 0 Å². The number of pyridine rings is 2. The van der Waals surface area contributed by atoms with E-state index in [2.05, 4.69) is 84.2 Å². The van der Waals surface area contributed by atoms with Gasteiger partial charge in [-0.3, -0.25) is 9.38 Å². The molecule has 0 spiro atoms. The molecule has 1 aliphatic carbocycles. The maximum Gasteiger partial charge on any atom is 0.147 e. The molecule has 0 N–H and O–H groups in total. The Kier molecular flexibility index (Phi) is 3.45. The molecule has 3 heterocycles. The zero-order valence-corrected chi connectivity index (χ0v) is 18.9. The fourth-order valence-electron chi connectivity index (χ4n) is 5.90. The summed E-state index contributed by atoms with van der Waals surface area (Å²) in [6.07, 6.45) is 5.38. The largest absolute Gasteiger partial charge is 0.299 e. The van der Waals surface area contributed by atoms with E-state index >= 15 is 0 Å². The number of fused-ring (bicyclic) bond motifs is 7. The molecule has 29 heavy (non-hydrogen) atoms. The second-order valence-electron chi connectivity index (χ2n) is 11.3. The summed E-state index contributed by atoms with van der Waals surface area (Å²) in [6, 6.07) is 6.73. The molecule has 3 heteroatoms. The van der Waals surface area contributed by atoms with Crippen LogP contribution in [-0.4, -0.2) is 14.4 Å². The van der Waals surface area contributed by atoms with Crippen LogP contribution in [0.2, 0.25) is 0 Å². The molecule has 0 atom stereocenters. The zero-order valence-electron chi connectivity index (χ0n) is 18.9. The van der Waals surface area contributed by atoms with Gasteiger partial charge in [-0.2, -0.15) is 0 Å². The van der Waals surface area contributed by atoms with E-state index < -0.39 is 0 Å². The van der Waals surface area contributed by atoms with E-state index in [0.29, 0.717) is 0 Å². The fraction of sp³-hybridized carbons (Fsp3) is 0.462. The SMILES string of the molecule is Cc1cc2nc3c4cnc(C(C)(C)C)cc4ccn3c2c2c1C(C)(C)CC2(C)C. The van der Waals surface area contributed by atoms with Crippen molar-refractivity contribution in [1.29, 1.82) is 0 Å². The van der Waals surface area contributed by atoms with E-state index in [-0.39, 0.29) is 16.2 Å². The van der Waals surface area contributed by atoms with Crippen molar-refractivity contribution in [2.75, 3.05) is 0 Å². The Morgan fingerprint density at radius 2 is 1.69 bits per heavy atom. The van der Waals surface area contributed by atoms with E-state index in [9.17, 15) is 0 Å². The van der Waals surface area contributed by atoms with Gasteiger partial charge in [0.15, 0.2) is 0 Å². The molecule has 3 nitrogen and oxygen atoms in total. The molecule has 150 valence electrons. The first-order chi connectivity index (χ1) is 13.4. The third-order valence-corrected chi connectivity index (χ3v) is 6.76. The zero-order chi connectivity index (χ0) is 20.9. The second kappa shape index (κ2) is 5.38. The smallest absolute Gasteiger partial charge is 0.147 e. The lowest BCUT2D eigenvalue weighted by Gasteiger charge is -2.23. The summed E-state index contributed by atoms with van der Waals surface area (Å²) in [6.45, 7) is 18.4. The van der Waals surface area contributed by atoms with Crippen LogP contribution in [0.25, 0.3) is 27.5 Å². The minimum Gasteiger partial charge on any atom is -0.299 e. The lowest BCUT2D eigenvalue weighted by molar-refractivity contribution is 0.403. The first-order valence-electron chi connectivity index (χ1n) is 10.7. The average molecular weight is 386 g/mol. The molecule has 0 amide bonds. The van der Waals surface area contributed by atoms with Gasteiger partial charge in [-0.05, 0) is 64.5 Å². The molecule has 0 saturated heterocycles. The summed E-state index contributed by atoms with van der Waals surface area (Å²) in [5.41, 5.74) is 9.20. The fourth-order valence-corrected chi connectivity index (χ4v) is 5.90. The Balaban J connectivity index is 1.91. The summed E-state index contributed by atoms with van der Waals surface area (Å²) in [5, 5.41) is 2.33. The van der Waals surface area contributed by atoms with Crippen LogP contribution in [0, 0.1) is 6.92 Å². The Hall–Kier alpha value is -2.42. The van der Waals surface area contributed by atoms with Gasteiger partial charge >= 0.3 is 0 Å². The number of rotatable bonds is 0. The molecule has 3 aromatic heterocycles. The van der Waals surface area contributed by atoms with Crippen LogP contribution in [0.1, 0.15) is 77.3 Å². The molecule has 0 aliphatic heterocycles. The minimum absolute atomic E-state index is 0.0357. The van der Waals surface area contributed by atoms with Gasteiger partial charge in [0.1, 0.15) is 5.65 Å². The van der Waals surface area contributed by atoms with E-state index in [1.54, 1.807) is 0 Å². The van der Waals surface area contributed by atoms with Crippen LogP contribution >= 0.6 is 0 Å². The number of hydrogen-bond acceptors (Lipinski definition) is 2. The van der Waals surface area contributed by atoms with E-state index in [4.69, 9.17) is 9.97 Å². The molecule has 0 radical (unpaired) electrons. The van der Waals surface area contributed by atoms with Crippen LogP contribution in [0.3, 0.4) is 0 Å². The number of nitrogens with zero attached hydrogens (tertiary/aromatic N) is 3. The van der Waals surface area contributed by atoms with Gasteiger partial charge in [0.05, 0.1) is 11.0 Å². The summed E-state index contributed by atoms with van der Waals surface area (Å²) >= 11 is 0. The van der Waals surface area contributed by atoms with Gasteiger partial charge in [0.2, 0.25) is 0 Å². The van der Waals surface area contributed by atoms with E-state index in [1.807, 2.05) is 6.20 Å². The van der Waals surface area contributed by atoms with E-state index in [1.165, 1.54) is 27.6 Å². The highest BCUT2D eigenvalue weighted by molar-refractivity contribution is 5.99. The van der Waals surface area contributed by atoms with Gasteiger partial charge in [-0.25, -0.2) is 4.98 Å². The lowest BCUT2D eigenvalue weighted by atomic mass is 9.81. The number of imidazole rings is 1. The first-order valence-corrected chi connectivity index (χ1v) is 10.7. The minimum atomic E-state index is 0.0357. The van der Waals surface area contributed by atoms with E-state index in [0.717, 1.165) is 28.7 Å². The molecule has 5 rings (SSSR count). The summed E-state index contributed by atoms with van der Waals surface area (Å²) in [4.78, 5) is 9.90. The second-order valence-corrected chi connectivity index (χ2v) is 11.3. The molecule has 0 fully saturated rings. The van der Waals surface area contributed by atoms with Crippen molar-refractivity contribution >= 4 is 27.5 Å². The highest BCUT2D eigenvalue weighted by Crippen LogP contribution is 2.53. The highest BCUT2D eigenvalue weighted by atomic mass is 15.0. The number of aryl methyl sites for hydroxylation is 1. The van der Waals surface area contributed by atoms with Gasteiger partial charge in [0, 0.05) is 28.9 Å². The van der Waals surface area contributed by atoms with Gasteiger partial charge in [-0.1, -0.05) is 48.5 Å². The molecule has 1 aliphatic rings.